The minimum absolute atomic E-state index is 0.103. The molecule has 98 valence electrons. The fraction of sp³-hybridized carbons (Fsp3) is 0.667. The first-order valence-electron chi connectivity index (χ1n) is 5.75. The van der Waals surface area contributed by atoms with Gasteiger partial charge in [-0.1, -0.05) is 20.4 Å². The van der Waals surface area contributed by atoms with Gasteiger partial charge in [-0.05, 0) is 12.8 Å². The molecule has 4 N–H and O–H groups in total. The van der Waals surface area contributed by atoms with E-state index in [1.165, 1.54) is 6.92 Å². The second kappa shape index (κ2) is 6.39. The molecule has 0 saturated carbocycles. The van der Waals surface area contributed by atoms with Crippen molar-refractivity contribution >= 4 is 11.9 Å². The van der Waals surface area contributed by atoms with Crippen molar-refractivity contribution < 1.29 is 14.7 Å². The topological polar surface area (TPSA) is 92.4 Å². The molecule has 5 heteroatoms. The van der Waals surface area contributed by atoms with Crippen molar-refractivity contribution in [3.8, 4) is 0 Å². The zero-order valence-corrected chi connectivity index (χ0v) is 10.7. The molecule has 1 unspecified atom stereocenters. The summed E-state index contributed by atoms with van der Waals surface area (Å²) in [4.78, 5) is 22.3. The van der Waals surface area contributed by atoms with E-state index in [-0.39, 0.29) is 18.0 Å². The average molecular weight is 242 g/mol. The molecular formula is C12H22N2O3. The van der Waals surface area contributed by atoms with Gasteiger partial charge in [0, 0.05) is 24.5 Å². The molecule has 0 saturated heterocycles. The summed E-state index contributed by atoms with van der Waals surface area (Å²) < 4.78 is 0. The molecule has 0 aromatic carbocycles. The standard InChI is InChI=1S/C12H22N2O3/c1-5-12(6-2,8(3)11(16)17)10(7-13)14-9(4)15/h10H,3,5-7,13H2,1-2,4H3,(H,14,15)(H,16,17). The lowest BCUT2D eigenvalue weighted by Gasteiger charge is -2.39. The van der Waals surface area contributed by atoms with Crippen LogP contribution in [-0.2, 0) is 9.59 Å². The minimum atomic E-state index is -1.04. The fourth-order valence-corrected chi connectivity index (χ4v) is 2.26. The highest BCUT2D eigenvalue weighted by molar-refractivity contribution is 5.88. The van der Waals surface area contributed by atoms with Crippen LogP contribution in [0.2, 0.25) is 0 Å². The molecule has 1 amide bonds. The lowest BCUT2D eigenvalue weighted by molar-refractivity contribution is -0.134. The van der Waals surface area contributed by atoms with E-state index in [9.17, 15) is 9.59 Å². The number of amides is 1. The van der Waals surface area contributed by atoms with E-state index in [1.54, 1.807) is 0 Å². The van der Waals surface area contributed by atoms with Crippen molar-refractivity contribution in [3.63, 3.8) is 0 Å². The molecule has 5 nitrogen and oxygen atoms in total. The lowest BCUT2D eigenvalue weighted by Crippen LogP contribution is -2.52. The molecule has 0 rings (SSSR count). The fourth-order valence-electron chi connectivity index (χ4n) is 2.26. The van der Waals surface area contributed by atoms with Gasteiger partial charge in [0.1, 0.15) is 0 Å². The molecule has 0 heterocycles. The summed E-state index contributed by atoms with van der Waals surface area (Å²) in [5.41, 5.74) is 5.06. The van der Waals surface area contributed by atoms with Crippen LogP contribution < -0.4 is 11.1 Å². The highest BCUT2D eigenvalue weighted by atomic mass is 16.4. The normalized spacial score (nSPS) is 12.9. The van der Waals surface area contributed by atoms with E-state index >= 15 is 0 Å². The number of nitrogens with two attached hydrogens (primary N) is 1. The summed E-state index contributed by atoms with van der Waals surface area (Å²) in [6.45, 7) is 8.97. The summed E-state index contributed by atoms with van der Waals surface area (Å²) >= 11 is 0. The number of carboxylic acids is 1. The van der Waals surface area contributed by atoms with Crippen LogP contribution in [0.4, 0.5) is 0 Å². The monoisotopic (exact) mass is 242 g/mol. The van der Waals surface area contributed by atoms with E-state index < -0.39 is 17.4 Å². The van der Waals surface area contributed by atoms with Gasteiger partial charge < -0.3 is 16.2 Å². The van der Waals surface area contributed by atoms with Crippen molar-refractivity contribution in [1.82, 2.24) is 5.32 Å². The third kappa shape index (κ3) is 3.30. The summed E-state index contributed by atoms with van der Waals surface area (Å²) in [7, 11) is 0. The Hall–Kier alpha value is -1.36. The quantitative estimate of drug-likeness (QED) is 0.578. The Morgan fingerprint density at radius 1 is 1.41 bits per heavy atom. The molecule has 0 aliphatic heterocycles. The summed E-state index contributed by atoms with van der Waals surface area (Å²) in [5.74, 6) is -1.26. The van der Waals surface area contributed by atoms with Crippen molar-refractivity contribution in [2.24, 2.45) is 11.1 Å². The van der Waals surface area contributed by atoms with Gasteiger partial charge in [-0.2, -0.15) is 0 Å². The van der Waals surface area contributed by atoms with Crippen molar-refractivity contribution in [2.75, 3.05) is 6.54 Å². The second-order valence-electron chi connectivity index (χ2n) is 4.14. The first-order valence-corrected chi connectivity index (χ1v) is 5.75. The van der Waals surface area contributed by atoms with Gasteiger partial charge in [0.25, 0.3) is 0 Å². The number of rotatable bonds is 7. The van der Waals surface area contributed by atoms with E-state index in [2.05, 4.69) is 11.9 Å². The van der Waals surface area contributed by atoms with Crippen molar-refractivity contribution in [1.29, 1.82) is 0 Å². The largest absolute Gasteiger partial charge is 0.478 e. The Balaban J connectivity index is 5.34. The maximum atomic E-state index is 11.1. The predicted octanol–water partition coefficient (Wildman–Crippen LogP) is 0.897. The maximum absolute atomic E-state index is 11.1. The van der Waals surface area contributed by atoms with E-state index in [0.29, 0.717) is 12.8 Å². The molecule has 17 heavy (non-hydrogen) atoms. The molecule has 0 aliphatic rings. The molecule has 0 radical (unpaired) electrons. The van der Waals surface area contributed by atoms with Crippen LogP contribution in [-0.4, -0.2) is 29.6 Å². The number of hydrogen-bond donors (Lipinski definition) is 3. The molecule has 0 aromatic heterocycles. The second-order valence-corrected chi connectivity index (χ2v) is 4.14. The van der Waals surface area contributed by atoms with Crippen LogP contribution in [0.1, 0.15) is 33.6 Å². The summed E-state index contributed by atoms with van der Waals surface area (Å²) in [6.07, 6.45) is 1.13. The summed E-state index contributed by atoms with van der Waals surface area (Å²) in [5, 5.41) is 11.8. The molecule has 0 bridgehead atoms. The van der Waals surface area contributed by atoms with Crippen LogP contribution >= 0.6 is 0 Å². The molecule has 0 fully saturated rings. The van der Waals surface area contributed by atoms with Crippen LogP contribution in [0.5, 0.6) is 0 Å². The SMILES string of the molecule is C=C(C(=O)O)C(CC)(CC)C(CN)NC(C)=O. The molecule has 0 aliphatic carbocycles. The first kappa shape index (κ1) is 15.6. The number of aliphatic carboxylic acids is 1. The van der Waals surface area contributed by atoms with Gasteiger partial charge in [0.15, 0.2) is 0 Å². The minimum Gasteiger partial charge on any atom is -0.478 e. The first-order chi connectivity index (χ1) is 7.85. The third-order valence-electron chi connectivity index (χ3n) is 3.40. The van der Waals surface area contributed by atoms with Gasteiger partial charge in [0.2, 0.25) is 5.91 Å². The van der Waals surface area contributed by atoms with Gasteiger partial charge in [0.05, 0.1) is 6.04 Å². The third-order valence-corrected chi connectivity index (χ3v) is 3.40. The number of carboxylic acid groups (broad SMARTS) is 1. The van der Waals surface area contributed by atoms with Crippen LogP contribution in [0, 0.1) is 5.41 Å². The van der Waals surface area contributed by atoms with Gasteiger partial charge in [-0.25, -0.2) is 4.79 Å². The highest BCUT2D eigenvalue weighted by Crippen LogP contribution is 2.37. The summed E-state index contributed by atoms with van der Waals surface area (Å²) in [6, 6.07) is -0.404. The van der Waals surface area contributed by atoms with Crippen molar-refractivity contribution in [3.05, 3.63) is 12.2 Å². The Bertz CT molecular complexity index is 309. The molecular weight excluding hydrogens is 220 g/mol. The van der Waals surface area contributed by atoms with Crippen LogP contribution in [0.3, 0.4) is 0 Å². The lowest BCUT2D eigenvalue weighted by atomic mass is 9.70. The van der Waals surface area contributed by atoms with E-state index in [0.717, 1.165) is 0 Å². The Morgan fingerprint density at radius 3 is 2.12 bits per heavy atom. The van der Waals surface area contributed by atoms with Gasteiger partial charge in [-0.3, -0.25) is 4.79 Å². The molecule has 1 atom stereocenters. The number of carbonyl (C=O) groups excluding carboxylic acids is 1. The number of carbonyl (C=O) groups is 2. The Labute approximate surface area is 102 Å². The molecule has 0 spiro atoms. The van der Waals surface area contributed by atoms with Gasteiger partial charge in [-0.15, -0.1) is 0 Å². The molecule has 0 aromatic rings. The zero-order chi connectivity index (χ0) is 13.6. The maximum Gasteiger partial charge on any atom is 0.331 e. The number of nitrogens with one attached hydrogen (secondary N) is 1. The van der Waals surface area contributed by atoms with Crippen LogP contribution in [0.15, 0.2) is 12.2 Å². The van der Waals surface area contributed by atoms with E-state index in [1.807, 2.05) is 13.8 Å². The highest BCUT2D eigenvalue weighted by Gasteiger charge is 2.40. The number of hydrogen-bond acceptors (Lipinski definition) is 3. The van der Waals surface area contributed by atoms with Crippen molar-refractivity contribution in [2.45, 2.75) is 39.7 Å². The van der Waals surface area contributed by atoms with Gasteiger partial charge >= 0.3 is 5.97 Å². The smallest absolute Gasteiger partial charge is 0.331 e. The predicted molar refractivity (Wildman–Crippen MR) is 66.4 cm³/mol. The van der Waals surface area contributed by atoms with Crippen LogP contribution in [0.25, 0.3) is 0 Å². The van der Waals surface area contributed by atoms with E-state index in [4.69, 9.17) is 10.8 Å². The average Bonchev–Trinajstić information content (AvgIpc) is 2.28. The zero-order valence-electron chi connectivity index (χ0n) is 10.7. The Morgan fingerprint density at radius 2 is 1.88 bits per heavy atom. The Kier molecular flexibility index (Phi) is 5.88.